The molecule has 1 fully saturated rings. The molecular formula is C39H67N5O7. The highest BCUT2D eigenvalue weighted by Crippen LogP contribution is 2.30. The molecule has 0 aromatic heterocycles. The maximum atomic E-state index is 14.2. The van der Waals surface area contributed by atoms with Crippen LogP contribution in [0.4, 0.5) is 0 Å². The zero-order valence-corrected chi connectivity index (χ0v) is 33.2. The Labute approximate surface area is 307 Å². The Morgan fingerprint density at radius 3 is 2.08 bits per heavy atom. The number of likely N-dealkylation sites (N-methyl/N-ethyl adjacent to an activating group) is 2. The minimum atomic E-state index is -0.843. The normalized spacial score (nSPS) is 19.6. The number of amides is 4. The van der Waals surface area contributed by atoms with Gasteiger partial charge in [-0.1, -0.05) is 85.2 Å². The van der Waals surface area contributed by atoms with E-state index in [0.29, 0.717) is 18.5 Å². The first-order valence-electron chi connectivity index (χ1n) is 18.6. The summed E-state index contributed by atoms with van der Waals surface area (Å²) in [6.45, 7) is 14.2. The smallest absolute Gasteiger partial charge is 0.245 e. The molecule has 4 amide bonds. The minimum Gasteiger partial charge on any atom is -0.387 e. The van der Waals surface area contributed by atoms with Gasteiger partial charge in [0, 0.05) is 34.4 Å². The molecule has 1 aliphatic heterocycles. The average molecular weight is 718 g/mol. The second-order valence-electron chi connectivity index (χ2n) is 15.1. The molecule has 1 saturated heterocycles. The molecule has 12 heteroatoms. The molecule has 2 unspecified atom stereocenters. The number of benzene rings is 1. The molecule has 0 bridgehead atoms. The molecule has 0 aliphatic carbocycles. The summed E-state index contributed by atoms with van der Waals surface area (Å²) in [5.41, 5.74) is 0.714. The maximum Gasteiger partial charge on any atom is 0.245 e. The van der Waals surface area contributed by atoms with Crippen LogP contribution in [0.3, 0.4) is 0 Å². The average Bonchev–Trinajstić information content (AvgIpc) is 3.58. The lowest BCUT2D eigenvalue weighted by Gasteiger charge is -2.41. The van der Waals surface area contributed by atoms with Crippen molar-refractivity contribution in [3.63, 3.8) is 0 Å². The lowest BCUT2D eigenvalue weighted by Crippen LogP contribution is -2.59. The second kappa shape index (κ2) is 20.8. The van der Waals surface area contributed by atoms with E-state index >= 15 is 0 Å². The highest BCUT2D eigenvalue weighted by Gasteiger charge is 2.43. The van der Waals surface area contributed by atoms with E-state index in [2.05, 4.69) is 10.6 Å². The lowest BCUT2D eigenvalue weighted by atomic mass is 9.89. The standard InChI is InChI=1S/C39H67N5O7/c1-13-26(6)35(43(10)39(49)33(24(2)3)41-38(48)34(25(4)5)42(8)9)31(50-11)22-32(46)44-21-17-20-29(44)36(51-12)27(7)37(47)40-23-30(45)28-18-15-14-16-19-28/h14-16,18-19,24-27,29-31,33-36,45H,13,17,20-23H2,1-12H3,(H,40,47)(H,41,48)/t26?,27-,29?,30+,31+,33-,34-,35-,36+/m0/s1. The summed E-state index contributed by atoms with van der Waals surface area (Å²) < 4.78 is 11.9. The number of likely N-dealkylation sites (tertiary alicyclic amines) is 1. The van der Waals surface area contributed by atoms with Crippen molar-refractivity contribution in [2.45, 2.75) is 117 Å². The Bertz CT molecular complexity index is 1240. The van der Waals surface area contributed by atoms with Crippen molar-refractivity contribution in [2.24, 2.45) is 23.7 Å². The maximum absolute atomic E-state index is 14.2. The SMILES string of the molecule is CCC(C)[C@@H]([C@@H](CC(=O)N1CCCC1[C@H](OC)[C@H](C)C(=O)NC[C@@H](O)c1ccccc1)OC)N(C)C(=O)[C@@H](NC(=O)[C@H](C(C)C)N(C)C)C(C)C. The van der Waals surface area contributed by atoms with Gasteiger partial charge in [-0.2, -0.15) is 0 Å². The third kappa shape index (κ3) is 11.7. The van der Waals surface area contributed by atoms with Gasteiger partial charge >= 0.3 is 0 Å². The molecule has 1 aromatic carbocycles. The fraction of sp³-hybridized carbons (Fsp3) is 0.744. The van der Waals surface area contributed by atoms with E-state index in [1.54, 1.807) is 38.0 Å². The van der Waals surface area contributed by atoms with Crippen LogP contribution in [0.2, 0.25) is 0 Å². The summed E-state index contributed by atoms with van der Waals surface area (Å²) in [7, 11) is 8.56. The zero-order valence-electron chi connectivity index (χ0n) is 33.2. The zero-order chi connectivity index (χ0) is 38.6. The largest absolute Gasteiger partial charge is 0.387 e. The molecule has 12 nitrogen and oxygen atoms in total. The van der Waals surface area contributed by atoms with Gasteiger partial charge in [-0.15, -0.1) is 0 Å². The van der Waals surface area contributed by atoms with E-state index in [0.717, 1.165) is 12.8 Å². The third-order valence-corrected chi connectivity index (χ3v) is 10.6. The number of ether oxygens (including phenoxy) is 2. The Morgan fingerprint density at radius 1 is 0.941 bits per heavy atom. The summed E-state index contributed by atoms with van der Waals surface area (Å²) >= 11 is 0. The van der Waals surface area contributed by atoms with Crippen LogP contribution in [0.15, 0.2) is 30.3 Å². The first-order chi connectivity index (χ1) is 24.0. The molecule has 290 valence electrons. The number of methoxy groups -OCH3 is 2. The van der Waals surface area contributed by atoms with E-state index in [9.17, 15) is 24.3 Å². The van der Waals surface area contributed by atoms with Crippen LogP contribution in [-0.4, -0.2) is 128 Å². The van der Waals surface area contributed by atoms with Crippen LogP contribution in [0.1, 0.15) is 85.8 Å². The van der Waals surface area contributed by atoms with Crippen LogP contribution < -0.4 is 10.6 Å². The highest BCUT2D eigenvalue weighted by molar-refractivity contribution is 5.90. The van der Waals surface area contributed by atoms with Crippen molar-refractivity contribution >= 4 is 23.6 Å². The summed E-state index contributed by atoms with van der Waals surface area (Å²) in [6.07, 6.45) is 0.209. The van der Waals surface area contributed by atoms with Crippen molar-refractivity contribution in [3.05, 3.63) is 35.9 Å². The molecular weight excluding hydrogens is 650 g/mol. The number of hydrogen-bond acceptors (Lipinski definition) is 8. The number of nitrogens with one attached hydrogen (secondary N) is 2. The monoisotopic (exact) mass is 718 g/mol. The fourth-order valence-electron chi connectivity index (χ4n) is 7.56. The summed E-state index contributed by atoms with van der Waals surface area (Å²) in [5, 5.41) is 16.4. The molecule has 1 heterocycles. The summed E-state index contributed by atoms with van der Waals surface area (Å²) in [4.78, 5) is 60.2. The summed E-state index contributed by atoms with van der Waals surface area (Å²) in [5.74, 6) is -1.54. The lowest BCUT2D eigenvalue weighted by molar-refractivity contribution is -0.148. The predicted octanol–water partition coefficient (Wildman–Crippen LogP) is 3.48. The van der Waals surface area contributed by atoms with Gasteiger partial charge in [-0.05, 0) is 50.3 Å². The number of aliphatic hydroxyl groups excluding tert-OH is 1. The van der Waals surface area contributed by atoms with Gasteiger partial charge in [0.2, 0.25) is 23.6 Å². The van der Waals surface area contributed by atoms with Crippen LogP contribution >= 0.6 is 0 Å². The highest BCUT2D eigenvalue weighted by atomic mass is 16.5. The molecule has 3 N–H and O–H groups in total. The number of aliphatic hydroxyl groups is 1. The van der Waals surface area contributed by atoms with E-state index in [4.69, 9.17) is 9.47 Å². The van der Waals surface area contributed by atoms with Gasteiger partial charge in [0.1, 0.15) is 6.04 Å². The van der Waals surface area contributed by atoms with E-state index in [1.165, 1.54) is 0 Å². The molecule has 2 rings (SSSR count). The Hall–Kier alpha value is -3.06. The van der Waals surface area contributed by atoms with Crippen LogP contribution in [0.5, 0.6) is 0 Å². The van der Waals surface area contributed by atoms with Gasteiger partial charge in [0.25, 0.3) is 0 Å². The molecule has 9 atom stereocenters. The van der Waals surface area contributed by atoms with Crippen molar-refractivity contribution in [1.82, 2.24) is 25.3 Å². The predicted molar refractivity (Wildman–Crippen MR) is 200 cm³/mol. The van der Waals surface area contributed by atoms with Crippen LogP contribution in [-0.2, 0) is 28.7 Å². The van der Waals surface area contributed by atoms with E-state index in [1.807, 2.05) is 90.9 Å². The van der Waals surface area contributed by atoms with Gasteiger partial charge in [0.15, 0.2) is 0 Å². The van der Waals surface area contributed by atoms with Gasteiger partial charge in [0.05, 0.1) is 48.8 Å². The number of carbonyl (C=O) groups is 4. The first-order valence-corrected chi connectivity index (χ1v) is 18.6. The Morgan fingerprint density at radius 2 is 1.57 bits per heavy atom. The van der Waals surface area contributed by atoms with Crippen molar-refractivity contribution in [1.29, 1.82) is 0 Å². The van der Waals surface area contributed by atoms with Gasteiger partial charge < -0.3 is 35.0 Å². The van der Waals surface area contributed by atoms with Crippen LogP contribution in [0.25, 0.3) is 0 Å². The molecule has 51 heavy (non-hydrogen) atoms. The molecule has 1 aromatic rings. The summed E-state index contributed by atoms with van der Waals surface area (Å²) in [6, 6.07) is 7.24. The topological polar surface area (TPSA) is 141 Å². The van der Waals surface area contributed by atoms with E-state index < -0.39 is 42.4 Å². The fourth-order valence-corrected chi connectivity index (χ4v) is 7.56. The van der Waals surface area contributed by atoms with Crippen LogP contribution in [0, 0.1) is 23.7 Å². The second-order valence-corrected chi connectivity index (χ2v) is 15.1. The number of rotatable bonds is 20. The van der Waals surface area contributed by atoms with E-state index in [-0.39, 0.29) is 60.4 Å². The van der Waals surface area contributed by atoms with Crippen molar-refractivity contribution < 1.29 is 33.8 Å². The number of hydrogen-bond donors (Lipinski definition) is 3. The van der Waals surface area contributed by atoms with Crippen molar-refractivity contribution in [3.8, 4) is 0 Å². The van der Waals surface area contributed by atoms with Crippen molar-refractivity contribution in [2.75, 3.05) is 48.5 Å². The van der Waals surface area contributed by atoms with Gasteiger partial charge in [-0.25, -0.2) is 0 Å². The van der Waals surface area contributed by atoms with Gasteiger partial charge in [-0.3, -0.25) is 24.1 Å². The quantitative estimate of drug-likeness (QED) is 0.186. The first kappa shape index (κ1) is 44.1. The molecule has 1 aliphatic rings. The molecule has 0 radical (unpaired) electrons. The number of nitrogens with zero attached hydrogens (tertiary/aromatic N) is 3. The molecule has 0 saturated carbocycles. The Kier molecular flexibility index (Phi) is 18.0. The Balaban J connectivity index is 2.23. The number of carbonyl (C=O) groups excluding carboxylic acids is 4. The third-order valence-electron chi connectivity index (χ3n) is 10.6. The molecule has 0 spiro atoms. The minimum absolute atomic E-state index is 0.0125.